The Hall–Kier alpha value is -0.957. The van der Waals surface area contributed by atoms with Crippen LogP contribution in [0.5, 0.6) is 0 Å². The van der Waals surface area contributed by atoms with Gasteiger partial charge in [-0.1, -0.05) is 12.1 Å². The molecule has 1 aromatic rings. The fourth-order valence-corrected chi connectivity index (χ4v) is 0.856. The fourth-order valence-electron chi connectivity index (χ4n) is 0.856. The second-order valence-electron chi connectivity index (χ2n) is 2.16. The van der Waals surface area contributed by atoms with Gasteiger partial charge in [0.2, 0.25) is 0 Å². The summed E-state index contributed by atoms with van der Waals surface area (Å²) >= 11 is 0. The Bertz CT molecular complexity index is 302. The third-order valence-electron chi connectivity index (χ3n) is 1.39. The quantitative estimate of drug-likeness (QED) is 0.831. The molecule has 0 saturated heterocycles. The average molecular weight is 257 g/mol. The minimum absolute atomic E-state index is 0. The van der Waals surface area contributed by atoms with E-state index in [-0.39, 0.29) is 37.3 Å². The van der Waals surface area contributed by atoms with Crippen molar-refractivity contribution in [1.82, 2.24) is 0 Å². The van der Waals surface area contributed by atoms with Crippen molar-refractivity contribution in [3.05, 3.63) is 35.4 Å². The molecule has 0 saturated carbocycles. The summed E-state index contributed by atoms with van der Waals surface area (Å²) in [6.45, 7) is 0. The van der Waals surface area contributed by atoms with Crippen LogP contribution in [0.4, 0.5) is 0 Å². The number of rotatable bonds is 2. The molecule has 1 aromatic carbocycles. The standard InChI is InChI=1S/C8H6O4.Zr/c9-7(10)5-3-1-2-4-6(5)8(11)12;/h1-4H,(H,9,10)(H,11,12);. The molecule has 0 heterocycles. The van der Waals surface area contributed by atoms with E-state index in [1.165, 1.54) is 24.3 Å². The fraction of sp³-hybridized carbons (Fsp3) is 0. The molecule has 0 fully saturated rings. The zero-order chi connectivity index (χ0) is 9.14. The monoisotopic (exact) mass is 256 g/mol. The van der Waals surface area contributed by atoms with Gasteiger partial charge in [-0.3, -0.25) is 0 Å². The van der Waals surface area contributed by atoms with E-state index >= 15 is 0 Å². The maximum Gasteiger partial charge on any atom is 0.336 e. The van der Waals surface area contributed by atoms with Gasteiger partial charge in [0.15, 0.2) is 0 Å². The topological polar surface area (TPSA) is 74.6 Å². The van der Waals surface area contributed by atoms with Crippen LogP contribution in [-0.4, -0.2) is 22.2 Å². The SMILES string of the molecule is O=C(O)c1ccccc1C(=O)O.[Zr]. The van der Waals surface area contributed by atoms with Gasteiger partial charge in [0.05, 0.1) is 11.1 Å². The summed E-state index contributed by atoms with van der Waals surface area (Å²) < 4.78 is 0. The smallest absolute Gasteiger partial charge is 0.336 e. The number of benzene rings is 1. The van der Waals surface area contributed by atoms with Crippen LogP contribution in [0.15, 0.2) is 24.3 Å². The van der Waals surface area contributed by atoms with E-state index in [1.807, 2.05) is 0 Å². The van der Waals surface area contributed by atoms with E-state index in [1.54, 1.807) is 0 Å². The summed E-state index contributed by atoms with van der Waals surface area (Å²) in [7, 11) is 0. The second-order valence-corrected chi connectivity index (χ2v) is 2.16. The Labute approximate surface area is 93.3 Å². The molecule has 0 bridgehead atoms. The number of aromatic carboxylic acids is 2. The number of carboxylic acids is 2. The number of hydrogen-bond acceptors (Lipinski definition) is 2. The molecular weight excluding hydrogens is 251 g/mol. The molecule has 66 valence electrons. The molecule has 0 radical (unpaired) electrons. The van der Waals surface area contributed by atoms with Crippen LogP contribution in [0.3, 0.4) is 0 Å². The Balaban J connectivity index is 0.00000144. The van der Waals surface area contributed by atoms with E-state index in [9.17, 15) is 9.59 Å². The van der Waals surface area contributed by atoms with Crippen molar-refractivity contribution in [2.24, 2.45) is 0 Å². The van der Waals surface area contributed by atoms with Gasteiger partial charge < -0.3 is 10.2 Å². The van der Waals surface area contributed by atoms with Crippen molar-refractivity contribution in [3.8, 4) is 0 Å². The molecular formula is C8H6O4Zr. The molecule has 0 spiro atoms. The minimum atomic E-state index is -1.23. The van der Waals surface area contributed by atoms with Crippen molar-refractivity contribution in [3.63, 3.8) is 0 Å². The summed E-state index contributed by atoms with van der Waals surface area (Å²) in [5.74, 6) is -2.46. The zero-order valence-electron chi connectivity index (χ0n) is 6.52. The third kappa shape index (κ3) is 2.77. The Morgan fingerprint density at radius 3 is 1.46 bits per heavy atom. The summed E-state index contributed by atoms with van der Waals surface area (Å²) in [6.07, 6.45) is 0. The first-order valence-electron chi connectivity index (χ1n) is 3.18. The Morgan fingerprint density at radius 2 is 1.23 bits per heavy atom. The van der Waals surface area contributed by atoms with E-state index in [0.717, 1.165) is 0 Å². The largest absolute Gasteiger partial charge is 0.478 e. The molecule has 13 heavy (non-hydrogen) atoms. The first kappa shape index (κ1) is 12.0. The molecule has 5 heteroatoms. The Kier molecular flexibility index (Phi) is 4.56. The number of carboxylic acid groups (broad SMARTS) is 2. The van der Waals surface area contributed by atoms with Crippen LogP contribution < -0.4 is 0 Å². The molecule has 4 nitrogen and oxygen atoms in total. The third-order valence-corrected chi connectivity index (χ3v) is 1.39. The van der Waals surface area contributed by atoms with Crippen molar-refractivity contribution >= 4 is 11.9 Å². The Morgan fingerprint density at radius 1 is 0.923 bits per heavy atom. The molecule has 0 aromatic heterocycles. The van der Waals surface area contributed by atoms with Crippen LogP contribution in [0.25, 0.3) is 0 Å². The molecule has 0 aliphatic carbocycles. The predicted molar refractivity (Wildman–Crippen MR) is 40.4 cm³/mol. The molecule has 0 aliphatic heterocycles. The molecule has 0 amide bonds. The molecule has 0 unspecified atom stereocenters. The van der Waals surface area contributed by atoms with Crippen LogP contribution in [0.1, 0.15) is 20.7 Å². The van der Waals surface area contributed by atoms with Gasteiger partial charge in [-0.2, -0.15) is 0 Å². The second kappa shape index (κ2) is 4.92. The van der Waals surface area contributed by atoms with Gasteiger partial charge in [-0.15, -0.1) is 0 Å². The predicted octanol–water partition coefficient (Wildman–Crippen LogP) is 1.08. The van der Waals surface area contributed by atoms with Gasteiger partial charge in [0.25, 0.3) is 0 Å². The normalized spacial score (nSPS) is 8.62. The van der Waals surface area contributed by atoms with Crippen molar-refractivity contribution in [2.75, 3.05) is 0 Å². The maximum atomic E-state index is 10.5. The van der Waals surface area contributed by atoms with Gasteiger partial charge in [0.1, 0.15) is 0 Å². The van der Waals surface area contributed by atoms with Crippen molar-refractivity contribution in [1.29, 1.82) is 0 Å². The molecule has 0 aliphatic rings. The summed E-state index contributed by atoms with van der Waals surface area (Å²) in [5, 5.41) is 17.1. The van der Waals surface area contributed by atoms with Crippen LogP contribution in [0, 0.1) is 0 Å². The van der Waals surface area contributed by atoms with Gasteiger partial charge >= 0.3 is 11.9 Å². The van der Waals surface area contributed by atoms with E-state index in [0.29, 0.717) is 0 Å². The average Bonchev–Trinajstić information content (AvgIpc) is 2.04. The van der Waals surface area contributed by atoms with Gasteiger partial charge in [-0.05, 0) is 12.1 Å². The van der Waals surface area contributed by atoms with Gasteiger partial charge in [0, 0.05) is 26.2 Å². The minimum Gasteiger partial charge on any atom is -0.478 e. The number of hydrogen-bond donors (Lipinski definition) is 2. The summed E-state index contributed by atoms with van der Waals surface area (Å²) in [6, 6.07) is 5.48. The molecule has 2 N–H and O–H groups in total. The van der Waals surface area contributed by atoms with Crippen LogP contribution in [-0.2, 0) is 26.2 Å². The summed E-state index contributed by atoms with van der Waals surface area (Å²) in [5.41, 5.74) is -0.380. The molecule has 0 atom stereocenters. The zero-order valence-corrected chi connectivity index (χ0v) is 8.98. The maximum absolute atomic E-state index is 10.5. The van der Waals surface area contributed by atoms with E-state index in [4.69, 9.17) is 10.2 Å². The van der Waals surface area contributed by atoms with Gasteiger partial charge in [-0.25, -0.2) is 9.59 Å². The molecule has 1 rings (SSSR count). The summed E-state index contributed by atoms with van der Waals surface area (Å²) in [4.78, 5) is 20.9. The van der Waals surface area contributed by atoms with Crippen molar-refractivity contribution < 1.29 is 46.0 Å². The van der Waals surface area contributed by atoms with Crippen LogP contribution >= 0.6 is 0 Å². The van der Waals surface area contributed by atoms with Crippen molar-refractivity contribution in [2.45, 2.75) is 0 Å². The first-order valence-corrected chi connectivity index (χ1v) is 3.18. The number of carbonyl (C=O) groups is 2. The first-order chi connectivity index (χ1) is 5.63. The van der Waals surface area contributed by atoms with E-state index in [2.05, 4.69) is 0 Å². The van der Waals surface area contributed by atoms with Crippen LogP contribution in [0.2, 0.25) is 0 Å². The van der Waals surface area contributed by atoms with E-state index < -0.39 is 11.9 Å².